The predicted molar refractivity (Wildman–Crippen MR) is 110 cm³/mol. The molecule has 0 radical (unpaired) electrons. The molecule has 0 aliphatic carbocycles. The first-order valence-corrected chi connectivity index (χ1v) is 9.64. The fourth-order valence-electron chi connectivity index (χ4n) is 2.81. The van der Waals surface area contributed by atoms with Crippen LogP contribution in [0.4, 0.5) is 10.1 Å². The number of carbonyl (C=O) groups excluding carboxylic acids is 1. The van der Waals surface area contributed by atoms with Gasteiger partial charge in [-0.25, -0.2) is 9.18 Å². The minimum atomic E-state index is -1.20. The second kappa shape index (κ2) is 8.71. The molecule has 0 saturated carbocycles. The normalized spacial score (nSPS) is 10.5. The third-order valence-corrected chi connectivity index (χ3v) is 4.96. The number of thioether (sulfide) groups is 1. The van der Waals surface area contributed by atoms with E-state index in [1.807, 2.05) is 24.3 Å². The SMILES string of the molecule is CCSc1cccc(-c2ccc(NC(=O)c3ccccc3C(=O)O)cc2F)c1. The highest BCUT2D eigenvalue weighted by Gasteiger charge is 2.16. The lowest BCUT2D eigenvalue weighted by Gasteiger charge is -2.10. The van der Waals surface area contributed by atoms with Crippen LogP contribution in [0.1, 0.15) is 27.6 Å². The molecule has 0 aliphatic rings. The molecule has 0 unspecified atom stereocenters. The molecule has 142 valence electrons. The number of benzene rings is 3. The summed E-state index contributed by atoms with van der Waals surface area (Å²) in [5.41, 5.74) is 1.35. The highest BCUT2D eigenvalue weighted by molar-refractivity contribution is 7.99. The van der Waals surface area contributed by atoms with Crippen LogP contribution in [0.15, 0.2) is 71.6 Å². The molecule has 4 nitrogen and oxygen atoms in total. The van der Waals surface area contributed by atoms with Crippen molar-refractivity contribution in [1.29, 1.82) is 0 Å². The van der Waals surface area contributed by atoms with Crippen molar-refractivity contribution < 1.29 is 19.1 Å². The predicted octanol–water partition coefficient (Wildman–Crippen LogP) is 5.56. The minimum absolute atomic E-state index is 0.0174. The van der Waals surface area contributed by atoms with Crippen molar-refractivity contribution in [2.75, 3.05) is 11.1 Å². The van der Waals surface area contributed by atoms with Crippen LogP contribution >= 0.6 is 11.8 Å². The van der Waals surface area contributed by atoms with E-state index in [-0.39, 0.29) is 16.8 Å². The van der Waals surface area contributed by atoms with E-state index in [4.69, 9.17) is 0 Å². The van der Waals surface area contributed by atoms with Crippen molar-refractivity contribution in [3.8, 4) is 11.1 Å². The Balaban J connectivity index is 1.84. The number of aromatic carboxylic acids is 1. The first-order valence-electron chi connectivity index (χ1n) is 8.66. The molecule has 0 atom stereocenters. The Kier molecular flexibility index (Phi) is 6.11. The minimum Gasteiger partial charge on any atom is -0.478 e. The second-order valence-electron chi connectivity index (χ2n) is 5.96. The molecule has 0 saturated heterocycles. The van der Waals surface area contributed by atoms with Gasteiger partial charge in [0.15, 0.2) is 0 Å². The van der Waals surface area contributed by atoms with Gasteiger partial charge in [0.1, 0.15) is 5.82 Å². The van der Waals surface area contributed by atoms with Gasteiger partial charge in [-0.15, -0.1) is 11.8 Å². The lowest BCUT2D eigenvalue weighted by atomic mass is 10.0. The molecule has 0 aliphatic heterocycles. The molecule has 0 heterocycles. The number of anilines is 1. The van der Waals surface area contributed by atoms with Gasteiger partial charge in [0.05, 0.1) is 11.1 Å². The number of halogens is 1. The molecule has 0 spiro atoms. The van der Waals surface area contributed by atoms with Crippen LogP contribution in [0.2, 0.25) is 0 Å². The average Bonchev–Trinajstić information content (AvgIpc) is 2.68. The van der Waals surface area contributed by atoms with Crippen LogP contribution in [0, 0.1) is 5.82 Å². The molecular formula is C22H18FNO3S. The molecule has 6 heteroatoms. The maximum Gasteiger partial charge on any atom is 0.336 e. The zero-order valence-electron chi connectivity index (χ0n) is 15.1. The van der Waals surface area contributed by atoms with Gasteiger partial charge in [-0.2, -0.15) is 0 Å². The first kappa shape index (κ1) is 19.6. The van der Waals surface area contributed by atoms with Crippen molar-refractivity contribution in [3.63, 3.8) is 0 Å². The summed E-state index contributed by atoms with van der Waals surface area (Å²) in [7, 11) is 0. The summed E-state index contributed by atoms with van der Waals surface area (Å²) in [5.74, 6) is -1.35. The Morgan fingerprint density at radius 2 is 1.75 bits per heavy atom. The number of rotatable bonds is 6. The monoisotopic (exact) mass is 395 g/mol. The van der Waals surface area contributed by atoms with Gasteiger partial charge >= 0.3 is 5.97 Å². The van der Waals surface area contributed by atoms with E-state index in [2.05, 4.69) is 12.2 Å². The molecule has 0 fully saturated rings. The Morgan fingerprint density at radius 1 is 1.00 bits per heavy atom. The molecule has 1 amide bonds. The summed E-state index contributed by atoms with van der Waals surface area (Å²) in [4.78, 5) is 24.7. The molecule has 3 aromatic rings. The number of carboxylic acid groups (broad SMARTS) is 1. The van der Waals surface area contributed by atoms with E-state index < -0.39 is 17.7 Å². The molecule has 2 N–H and O–H groups in total. The smallest absolute Gasteiger partial charge is 0.336 e. The fraction of sp³-hybridized carbons (Fsp3) is 0.0909. The van der Waals surface area contributed by atoms with E-state index in [0.717, 1.165) is 16.2 Å². The molecule has 3 rings (SSSR count). The topological polar surface area (TPSA) is 66.4 Å². The summed E-state index contributed by atoms with van der Waals surface area (Å²) < 4.78 is 14.7. The number of hydrogen-bond acceptors (Lipinski definition) is 3. The van der Waals surface area contributed by atoms with Crippen molar-refractivity contribution >= 4 is 29.3 Å². The highest BCUT2D eigenvalue weighted by Crippen LogP contribution is 2.29. The number of carbonyl (C=O) groups is 2. The van der Waals surface area contributed by atoms with Gasteiger partial charge in [-0.1, -0.05) is 31.2 Å². The molecule has 0 bridgehead atoms. The Morgan fingerprint density at radius 3 is 2.43 bits per heavy atom. The van der Waals surface area contributed by atoms with E-state index >= 15 is 0 Å². The van der Waals surface area contributed by atoms with Crippen LogP contribution in [0.25, 0.3) is 11.1 Å². The van der Waals surface area contributed by atoms with Gasteiger partial charge in [0, 0.05) is 16.1 Å². The third kappa shape index (κ3) is 4.40. The Bertz CT molecular complexity index is 1040. The Labute approximate surface area is 166 Å². The summed E-state index contributed by atoms with van der Waals surface area (Å²) in [6.07, 6.45) is 0. The average molecular weight is 395 g/mol. The van der Waals surface area contributed by atoms with E-state index in [1.54, 1.807) is 36.0 Å². The van der Waals surface area contributed by atoms with Crippen LogP contribution in [0.3, 0.4) is 0 Å². The first-order chi connectivity index (χ1) is 13.5. The van der Waals surface area contributed by atoms with Gasteiger partial charge in [0.2, 0.25) is 0 Å². The van der Waals surface area contributed by atoms with E-state index in [1.165, 1.54) is 18.2 Å². The lowest BCUT2D eigenvalue weighted by Crippen LogP contribution is -2.16. The van der Waals surface area contributed by atoms with Crippen molar-refractivity contribution in [1.82, 2.24) is 0 Å². The summed E-state index contributed by atoms with van der Waals surface area (Å²) in [6, 6.07) is 17.9. The van der Waals surface area contributed by atoms with E-state index in [0.29, 0.717) is 5.56 Å². The van der Waals surface area contributed by atoms with Gasteiger partial charge < -0.3 is 10.4 Å². The Hall–Kier alpha value is -3.12. The number of nitrogens with one attached hydrogen (secondary N) is 1. The van der Waals surface area contributed by atoms with Crippen LogP contribution in [-0.2, 0) is 0 Å². The maximum absolute atomic E-state index is 14.7. The number of carboxylic acids is 1. The second-order valence-corrected chi connectivity index (χ2v) is 7.30. The zero-order chi connectivity index (χ0) is 20.1. The number of hydrogen-bond donors (Lipinski definition) is 2. The largest absolute Gasteiger partial charge is 0.478 e. The fourth-order valence-corrected chi connectivity index (χ4v) is 3.53. The van der Waals surface area contributed by atoms with Crippen molar-refractivity contribution in [2.45, 2.75) is 11.8 Å². The lowest BCUT2D eigenvalue weighted by molar-refractivity contribution is 0.0692. The quantitative estimate of drug-likeness (QED) is 0.537. The molecule has 28 heavy (non-hydrogen) atoms. The zero-order valence-corrected chi connectivity index (χ0v) is 15.9. The van der Waals surface area contributed by atoms with Gasteiger partial charge in [-0.05, 0) is 53.8 Å². The van der Waals surface area contributed by atoms with E-state index in [9.17, 15) is 19.1 Å². The molecule has 3 aromatic carbocycles. The number of amides is 1. The van der Waals surface area contributed by atoms with Gasteiger partial charge in [0.25, 0.3) is 5.91 Å². The standard InChI is InChI=1S/C22H18FNO3S/c1-2-28-16-7-5-6-14(12-16)17-11-10-15(13-20(17)23)24-21(25)18-8-3-4-9-19(18)22(26)27/h3-13H,2H2,1H3,(H,24,25)(H,26,27). The van der Waals surface area contributed by atoms with Gasteiger partial charge in [-0.3, -0.25) is 4.79 Å². The van der Waals surface area contributed by atoms with Crippen molar-refractivity contribution in [3.05, 3.63) is 83.7 Å². The van der Waals surface area contributed by atoms with Crippen LogP contribution < -0.4 is 5.32 Å². The molecule has 0 aromatic heterocycles. The summed E-state index contributed by atoms with van der Waals surface area (Å²) >= 11 is 1.68. The van der Waals surface area contributed by atoms with Crippen molar-refractivity contribution in [2.24, 2.45) is 0 Å². The summed E-state index contributed by atoms with van der Waals surface area (Å²) in [5, 5.41) is 11.8. The summed E-state index contributed by atoms with van der Waals surface area (Å²) in [6.45, 7) is 2.05. The highest BCUT2D eigenvalue weighted by atomic mass is 32.2. The molecular weight excluding hydrogens is 377 g/mol. The van der Waals surface area contributed by atoms with Crippen LogP contribution in [-0.4, -0.2) is 22.7 Å². The maximum atomic E-state index is 14.7. The van der Waals surface area contributed by atoms with Crippen LogP contribution in [0.5, 0.6) is 0 Å². The third-order valence-electron chi connectivity index (χ3n) is 4.09.